The van der Waals surface area contributed by atoms with Gasteiger partial charge in [-0.05, 0) is 60.1 Å². The quantitative estimate of drug-likeness (QED) is 0.122. The molecule has 0 aromatic heterocycles. The first-order valence-electron chi connectivity index (χ1n) is 12.7. The van der Waals surface area contributed by atoms with Gasteiger partial charge in [-0.1, -0.05) is 32.0 Å². The maximum absolute atomic E-state index is 13.1. The highest BCUT2D eigenvalue weighted by Crippen LogP contribution is 2.76. The Morgan fingerprint density at radius 2 is 1.32 bits per heavy atom. The number of aliphatic hydroxyl groups is 1. The second-order valence-electron chi connectivity index (χ2n) is 9.03. The molecule has 0 saturated carbocycles. The summed E-state index contributed by atoms with van der Waals surface area (Å²) in [5.41, 5.74) is 2.11. The summed E-state index contributed by atoms with van der Waals surface area (Å²) < 4.78 is 45.6. The Labute approximate surface area is 235 Å². The third-order valence-corrected chi connectivity index (χ3v) is 12.6. The number of phenolic OH excluding ortho intramolecular Hbond substituents is 2. The highest BCUT2D eigenvalue weighted by Gasteiger charge is 2.63. The number of rotatable bonds is 15. The minimum Gasteiger partial charge on any atom is -0.508 e. The third-order valence-electron chi connectivity index (χ3n) is 6.97. The molecule has 5 N–H and O–H groups in total. The van der Waals surface area contributed by atoms with E-state index in [4.69, 9.17) is 18.1 Å². The average molecular weight is 603 g/mol. The van der Waals surface area contributed by atoms with Crippen LogP contribution in [0.2, 0.25) is 0 Å². The van der Waals surface area contributed by atoms with Gasteiger partial charge in [0.1, 0.15) is 11.5 Å². The maximum atomic E-state index is 13.1. The summed E-state index contributed by atoms with van der Waals surface area (Å²) in [6, 6.07) is 11.3. The number of carbonyl (C=O) groups excluding carboxylic acids is 1. The van der Waals surface area contributed by atoms with Crippen molar-refractivity contribution in [2.75, 3.05) is 40.3 Å². The number of carbonyl (C=O) groups is 1. The van der Waals surface area contributed by atoms with E-state index < -0.39 is 32.7 Å². The van der Waals surface area contributed by atoms with Gasteiger partial charge in [-0.3, -0.25) is 9.13 Å². The van der Waals surface area contributed by atoms with Crippen molar-refractivity contribution in [1.82, 2.24) is 5.32 Å². The van der Waals surface area contributed by atoms with Gasteiger partial charge in [0.2, 0.25) is 0 Å². The van der Waals surface area contributed by atoms with Crippen LogP contribution in [-0.2, 0) is 27.2 Å². The standard InChI is InChI=1S/C26H40N2O10P2/c1-7-21(18-9-12-20(29)13-10-18)22(8-2)19-11-14-24(30)23(17-19)28-25(31)27-16-15-26(32,39(33,35-3)36-4)40(34,37-5)38-6/h9-14,17,21-22,29-30,32H,7-8,15-16H2,1-6H3,(H2,27,28,31). The van der Waals surface area contributed by atoms with E-state index in [-0.39, 0.29) is 35.6 Å². The van der Waals surface area contributed by atoms with Crippen LogP contribution in [-0.4, -0.2) is 61.4 Å². The van der Waals surface area contributed by atoms with Crippen molar-refractivity contribution in [1.29, 1.82) is 0 Å². The van der Waals surface area contributed by atoms with Crippen LogP contribution < -0.4 is 10.6 Å². The highest BCUT2D eigenvalue weighted by molar-refractivity contribution is 7.73. The molecule has 0 heterocycles. The molecule has 2 unspecified atom stereocenters. The fraction of sp³-hybridized carbons (Fsp3) is 0.500. The Balaban J connectivity index is 2.23. The lowest BCUT2D eigenvalue weighted by molar-refractivity contribution is 0.0975. The zero-order chi connectivity index (χ0) is 30.1. The second-order valence-corrected chi connectivity index (χ2v) is 14.3. The normalized spacial score (nSPS) is 14.0. The summed E-state index contributed by atoms with van der Waals surface area (Å²) >= 11 is 0. The van der Waals surface area contributed by atoms with Crippen molar-refractivity contribution < 1.29 is 47.3 Å². The first-order chi connectivity index (χ1) is 18.9. The van der Waals surface area contributed by atoms with E-state index in [9.17, 15) is 29.2 Å². The van der Waals surface area contributed by atoms with Gasteiger partial charge >= 0.3 is 21.2 Å². The summed E-state index contributed by atoms with van der Waals surface area (Å²) in [6.07, 6.45) is 1.04. The molecule has 2 rings (SSSR count). The van der Waals surface area contributed by atoms with Gasteiger partial charge in [0.25, 0.3) is 5.08 Å². The van der Waals surface area contributed by atoms with Crippen LogP contribution in [0.15, 0.2) is 42.5 Å². The van der Waals surface area contributed by atoms with E-state index in [0.29, 0.717) is 0 Å². The van der Waals surface area contributed by atoms with E-state index >= 15 is 0 Å². The number of amides is 2. The molecule has 224 valence electrons. The van der Waals surface area contributed by atoms with Crippen LogP contribution in [0.25, 0.3) is 0 Å². The number of hydrogen-bond acceptors (Lipinski definition) is 10. The van der Waals surface area contributed by atoms with Crippen molar-refractivity contribution >= 4 is 26.9 Å². The van der Waals surface area contributed by atoms with Crippen molar-refractivity contribution in [2.24, 2.45) is 0 Å². The topological polar surface area (TPSA) is 173 Å². The molecular formula is C26H40N2O10P2. The largest absolute Gasteiger partial charge is 0.508 e. The summed E-state index contributed by atoms with van der Waals surface area (Å²) in [7, 11) is -4.84. The number of hydrogen-bond donors (Lipinski definition) is 5. The zero-order valence-electron chi connectivity index (χ0n) is 23.6. The molecule has 12 nitrogen and oxygen atoms in total. The van der Waals surface area contributed by atoms with Crippen LogP contribution in [0.4, 0.5) is 10.5 Å². The van der Waals surface area contributed by atoms with E-state index in [2.05, 4.69) is 24.5 Å². The van der Waals surface area contributed by atoms with Crippen LogP contribution in [0.1, 0.15) is 56.1 Å². The van der Waals surface area contributed by atoms with Gasteiger partial charge in [-0.15, -0.1) is 0 Å². The molecule has 0 aliphatic rings. The number of benzene rings is 2. The molecule has 0 radical (unpaired) electrons. The molecule has 0 saturated heterocycles. The van der Waals surface area contributed by atoms with Crippen LogP contribution >= 0.6 is 15.2 Å². The fourth-order valence-electron chi connectivity index (χ4n) is 4.78. The lowest BCUT2D eigenvalue weighted by atomic mass is 9.78. The summed E-state index contributed by atoms with van der Waals surface area (Å²) in [5, 5.41) is 33.6. The van der Waals surface area contributed by atoms with Crippen LogP contribution in [0, 0.1) is 0 Å². The summed E-state index contributed by atoms with van der Waals surface area (Å²) in [5.74, 6) is 0.216. The van der Waals surface area contributed by atoms with Crippen LogP contribution in [0.3, 0.4) is 0 Å². The Bertz CT molecular complexity index is 1180. The lowest BCUT2D eigenvalue weighted by Crippen LogP contribution is -2.38. The smallest absolute Gasteiger partial charge is 0.374 e. The molecule has 0 bridgehead atoms. The summed E-state index contributed by atoms with van der Waals surface area (Å²) in [4.78, 5) is 12.7. The molecule has 2 aromatic rings. The minimum atomic E-state index is -4.44. The molecule has 2 aromatic carbocycles. The lowest BCUT2D eigenvalue weighted by Gasteiger charge is -2.36. The van der Waals surface area contributed by atoms with Crippen molar-refractivity contribution in [2.45, 2.75) is 50.0 Å². The molecular weight excluding hydrogens is 562 g/mol. The van der Waals surface area contributed by atoms with E-state index in [0.717, 1.165) is 52.4 Å². The van der Waals surface area contributed by atoms with E-state index in [1.807, 2.05) is 12.1 Å². The van der Waals surface area contributed by atoms with E-state index in [1.165, 1.54) is 6.07 Å². The third kappa shape index (κ3) is 7.06. The number of aromatic hydroxyl groups is 2. The first kappa shape index (κ1) is 33.8. The Hall–Kier alpha value is -2.43. The molecule has 2 amide bonds. The van der Waals surface area contributed by atoms with Gasteiger partial charge in [-0.2, -0.15) is 0 Å². The highest BCUT2D eigenvalue weighted by atomic mass is 31.2. The second kappa shape index (κ2) is 14.5. The Kier molecular flexibility index (Phi) is 12.2. The van der Waals surface area contributed by atoms with Crippen molar-refractivity contribution in [3.05, 3.63) is 53.6 Å². The van der Waals surface area contributed by atoms with Crippen molar-refractivity contribution in [3.8, 4) is 11.5 Å². The molecule has 0 fully saturated rings. The average Bonchev–Trinajstić information content (AvgIpc) is 2.96. The molecule has 2 atom stereocenters. The zero-order valence-corrected chi connectivity index (χ0v) is 25.4. The Morgan fingerprint density at radius 3 is 1.80 bits per heavy atom. The number of nitrogens with one attached hydrogen (secondary N) is 2. The molecule has 0 aliphatic carbocycles. The Morgan fingerprint density at radius 1 is 0.850 bits per heavy atom. The van der Waals surface area contributed by atoms with Gasteiger partial charge in [-0.25, -0.2) is 4.79 Å². The first-order valence-corrected chi connectivity index (χ1v) is 15.8. The van der Waals surface area contributed by atoms with Gasteiger partial charge < -0.3 is 44.0 Å². The fourth-order valence-corrected chi connectivity index (χ4v) is 9.20. The number of urea groups is 1. The minimum absolute atomic E-state index is 0.0585. The SMILES string of the molecule is CCC(c1ccc(O)cc1)C(CC)c1ccc(O)c(NC(=O)NCCC(O)(P(=O)(OC)OC)P(=O)(OC)OC)c1. The van der Waals surface area contributed by atoms with Crippen LogP contribution in [0.5, 0.6) is 11.5 Å². The van der Waals surface area contributed by atoms with Gasteiger partial charge in [0, 0.05) is 41.4 Å². The maximum Gasteiger partial charge on any atom is 0.374 e. The van der Waals surface area contributed by atoms with E-state index in [1.54, 1.807) is 24.3 Å². The van der Waals surface area contributed by atoms with Gasteiger partial charge in [0.05, 0.1) is 5.69 Å². The van der Waals surface area contributed by atoms with Gasteiger partial charge in [0.15, 0.2) is 0 Å². The number of phenols is 2. The van der Waals surface area contributed by atoms with Crippen molar-refractivity contribution in [3.63, 3.8) is 0 Å². The predicted octanol–water partition coefficient (Wildman–Crippen LogP) is 5.91. The number of anilines is 1. The molecule has 40 heavy (non-hydrogen) atoms. The predicted molar refractivity (Wildman–Crippen MR) is 152 cm³/mol. The summed E-state index contributed by atoms with van der Waals surface area (Å²) in [6.45, 7) is 3.79. The monoisotopic (exact) mass is 602 g/mol. The molecule has 0 spiro atoms. The molecule has 0 aliphatic heterocycles. The molecule has 14 heteroatoms.